The van der Waals surface area contributed by atoms with Crippen molar-refractivity contribution in [3.63, 3.8) is 0 Å². The van der Waals surface area contributed by atoms with E-state index in [0.29, 0.717) is 6.54 Å². The van der Waals surface area contributed by atoms with Crippen molar-refractivity contribution in [2.75, 3.05) is 19.7 Å². The molecule has 1 aliphatic rings. The van der Waals surface area contributed by atoms with Gasteiger partial charge in [0.2, 0.25) is 5.91 Å². The van der Waals surface area contributed by atoms with E-state index >= 15 is 0 Å². The molecule has 5 heteroatoms. The van der Waals surface area contributed by atoms with E-state index in [9.17, 15) is 4.79 Å². The first-order valence-corrected chi connectivity index (χ1v) is 7.17. The smallest absolute Gasteiger partial charge is 0.226 e. The van der Waals surface area contributed by atoms with Gasteiger partial charge >= 0.3 is 0 Å². The highest BCUT2D eigenvalue weighted by Crippen LogP contribution is 2.25. The minimum absolute atomic E-state index is 0.0383. The molecular formula is C14H23N3O2. The molecule has 1 amide bonds. The average Bonchev–Trinajstić information content (AvgIpc) is 2.90. The van der Waals surface area contributed by atoms with Crippen molar-refractivity contribution >= 4 is 5.91 Å². The lowest BCUT2D eigenvalue weighted by atomic mass is 9.87. The molecule has 1 heterocycles. The van der Waals surface area contributed by atoms with Gasteiger partial charge in [-0.15, -0.1) is 0 Å². The van der Waals surface area contributed by atoms with E-state index in [1.54, 1.807) is 0 Å². The fourth-order valence-electron chi connectivity index (χ4n) is 2.68. The number of nitrogens with zero attached hydrogens (tertiary/aromatic N) is 2. The number of aromatic nitrogens is 2. The van der Waals surface area contributed by atoms with Gasteiger partial charge in [0.25, 0.3) is 0 Å². The SMILES string of the molecule is CCCCN(CCO)C(=O)C1CCc2cn[nH]c2C1. The lowest BCUT2D eigenvalue weighted by Crippen LogP contribution is -2.40. The number of aryl methyl sites for hydroxylation is 1. The first-order chi connectivity index (χ1) is 9.26. The van der Waals surface area contributed by atoms with Crippen LogP contribution in [0.2, 0.25) is 0 Å². The van der Waals surface area contributed by atoms with Crippen molar-refractivity contribution in [2.24, 2.45) is 5.92 Å². The average molecular weight is 265 g/mol. The highest BCUT2D eigenvalue weighted by atomic mass is 16.3. The molecule has 0 bridgehead atoms. The van der Waals surface area contributed by atoms with Gasteiger partial charge in [-0.3, -0.25) is 9.89 Å². The van der Waals surface area contributed by atoms with Crippen LogP contribution in [0.25, 0.3) is 0 Å². The molecule has 0 spiro atoms. The van der Waals surface area contributed by atoms with Crippen LogP contribution in [0.5, 0.6) is 0 Å². The number of rotatable bonds is 6. The van der Waals surface area contributed by atoms with E-state index in [0.717, 1.165) is 44.3 Å². The second-order valence-corrected chi connectivity index (χ2v) is 5.22. The Morgan fingerprint density at radius 3 is 3.16 bits per heavy atom. The Labute approximate surface area is 114 Å². The lowest BCUT2D eigenvalue weighted by Gasteiger charge is -2.28. The van der Waals surface area contributed by atoms with Crippen molar-refractivity contribution in [1.29, 1.82) is 0 Å². The Bertz CT molecular complexity index is 417. The molecule has 1 aliphatic carbocycles. The van der Waals surface area contributed by atoms with Gasteiger partial charge < -0.3 is 10.0 Å². The summed E-state index contributed by atoms with van der Waals surface area (Å²) >= 11 is 0. The quantitative estimate of drug-likeness (QED) is 0.810. The van der Waals surface area contributed by atoms with Crippen LogP contribution in [-0.2, 0) is 17.6 Å². The van der Waals surface area contributed by atoms with E-state index in [2.05, 4.69) is 17.1 Å². The molecule has 106 valence electrons. The predicted molar refractivity (Wildman–Crippen MR) is 72.7 cm³/mol. The predicted octanol–water partition coefficient (Wildman–Crippen LogP) is 1.14. The minimum atomic E-state index is 0.0383. The Kier molecular flexibility index (Phi) is 4.96. The van der Waals surface area contributed by atoms with Crippen molar-refractivity contribution in [1.82, 2.24) is 15.1 Å². The van der Waals surface area contributed by atoms with Gasteiger partial charge in [-0.1, -0.05) is 13.3 Å². The normalized spacial score (nSPS) is 18.1. The van der Waals surface area contributed by atoms with Crippen LogP contribution >= 0.6 is 0 Å². The molecule has 0 saturated heterocycles. The molecule has 1 aromatic rings. The van der Waals surface area contributed by atoms with E-state index in [1.165, 1.54) is 5.56 Å². The maximum Gasteiger partial charge on any atom is 0.226 e. The summed E-state index contributed by atoms with van der Waals surface area (Å²) in [5.41, 5.74) is 2.34. The van der Waals surface area contributed by atoms with Gasteiger partial charge in [0.1, 0.15) is 0 Å². The van der Waals surface area contributed by atoms with Gasteiger partial charge in [-0.05, 0) is 24.8 Å². The highest BCUT2D eigenvalue weighted by Gasteiger charge is 2.28. The van der Waals surface area contributed by atoms with Crippen molar-refractivity contribution in [2.45, 2.75) is 39.0 Å². The molecule has 0 saturated carbocycles. The molecule has 1 unspecified atom stereocenters. The summed E-state index contributed by atoms with van der Waals surface area (Å²) in [5.74, 6) is 0.221. The summed E-state index contributed by atoms with van der Waals surface area (Å²) < 4.78 is 0. The molecule has 0 fully saturated rings. The summed E-state index contributed by atoms with van der Waals surface area (Å²) in [7, 11) is 0. The monoisotopic (exact) mass is 265 g/mol. The zero-order chi connectivity index (χ0) is 13.7. The maximum atomic E-state index is 12.5. The zero-order valence-electron chi connectivity index (χ0n) is 11.6. The standard InChI is InChI=1S/C14H23N3O2/c1-2-3-6-17(7-8-18)14(19)11-4-5-12-10-15-16-13(12)9-11/h10-11,18H,2-9H2,1H3,(H,15,16). The topological polar surface area (TPSA) is 69.2 Å². The zero-order valence-corrected chi connectivity index (χ0v) is 11.6. The first kappa shape index (κ1) is 14.1. The largest absolute Gasteiger partial charge is 0.395 e. The fraction of sp³-hybridized carbons (Fsp3) is 0.714. The Hall–Kier alpha value is -1.36. The second-order valence-electron chi connectivity index (χ2n) is 5.22. The molecule has 2 N–H and O–H groups in total. The molecule has 1 aromatic heterocycles. The molecule has 2 rings (SSSR count). The molecule has 0 radical (unpaired) electrons. The fourth-order valence-corrected chi connectivity index (χ4v) is 2.68. The molecule has 1 atom stereocenters. The molecule has 0 aromatic carbocycles. The Balaban J connectivity index is 1.98. The third kappa shape index (κ3) is 3.35. The van der Waals surface area contributed by atoms with E-state index in [4.69, 9.17) is 5.11 Å². The third-order valence-corrected chi connectivity index (χ3v) is 3.83. The molecule has 5 nitrogen and oxygen atoms in total. The van der Waals surface area contributed by atoms with Crippen molar-refractivity contribution in [3.05, 3.63) is 17.5 Å². The van der Waals surface area contributed by atoms with Gasteiger partial charge in [-0.25, -0.2) is 0 Å². The maximum absolute atomic E-state index is 12.5. The summed E-state index contributed by atoms with van der Waals surface area (Å²) in [6.45, 7) is 3.35. The molecule has 0 aliphatic heterocycles. The number of H-pyrrole nitrogens is 1. The van der Waals surface area contributed by atoms with E-state index < -0.39 is 0 Å². The van der Waals surface area contributed by atoms with Crippen LogP contribution < -0.4 is 0 Å². The number of aromatic amines is 1. The van der Waals surface area contributed by atoms with Crippen LogP contribution in [-0.4, -0.2) is 45.8 Å². The Morgan fingerprint density at radius 1 is 1.58 bits per heavy atom. The van der Waals surface area contributed by atoms with Gasteiger partial charge in [-0.2, -0.15) is 5.10 Å². The van der Waals surface area contributed by atoms with Gasteiger partial charge in [0, 0.05) is 31.1 Å². The number of fused-ring (bicyclic) bond motifs is 1. The number of nitrogens with one attached hydrogen (secondary N) is 1. The van der Waals surface area contributed by atoms with E-state index in [-0.39, 0.29) is 18.4 Å². The summed E-state index contributed by atoms with van der Waals surface area (Å²) in [6.07, 6.45) is 6.47. The second kappa shape index (κ2) is 6.70. The van der Waals surface area contributed by atoms with Crippen LogP contribution in [0.3, 0.4) is 0 Å². The summed E-state index contributed by atoms with van der Waals surface area (Å²) in [4.78, 5) is 14.3. The number of hydrogen-bond donors (Lipinski definition) is 2. The number of amides is 1. The van der Waals surface area contributed by atoms with Crippen LogP contribution in [0.4, 0.5) is 0 Å². The van der Waals surface area contributed by atoms with Crippen molar-refractivity contribution in [3.8, 4) is 0 Å². The summed E-state index contributed by atoms with van der Waals surface area (Å²) in [5, 5.41) is 16.1. The number of aliphatic hydroxyl groups excluding tert-OH is 1. The van der Waals surface area contributed by atoms with Crippen LogP contribution in [0.15, 0.2) is 6.20 Å². The summed E-state index contributed by atoms with van der Waals surface area (Å²) in [6, 6.07) is 0. The molecule has 19 heavy (non-hydrogen) atoms. The highest BCUT2D eigenvalue weighted by molar-refractivity contribution is 5.79. The number of unbranched alkanes of at least 4 members (excludes halogenated alkanes) is 1. The number of carbonyl (C=O) groups excluding carboxylic acids is 1. The first-order valence-electron chi connectivity index (χ1n) is 7.17. The van der Waals surface area contributed by atoms with E-state index in [1.807, 2.05) is 11.1 Å². The minimum Gasteiger partial charge on any atom is -0.395 e. The lowest BCUT2D eigenvalue weighted by molar-refractivity contribution is -0.136. The van der Waals surface area contributed by atoms with Crippen molar-refractivity contribution < 1.29 is 9.90 Å². The number of carbonyl (C=O) groups is 1. The van der Waals surface area contributed by atoms with Gasteiger partial charge in [0.05, 0.1) is 12.8 Å². The number of aliphatic hydroxyl groups is 1. The third-order valence-electron chi connectivity index (χ3n) is 3.83. The Morgan fingerprint density at radius 2 is 2.42 bits per heavy atom. The number of hydrogen-bond acceptors (Lipinski definition) is 3. The van der Waals surface area contributed by atoms with Crippen LogP contribution in [0.1, 0.15) is 37.4 Å². The van der Waals surface area contributed by atoms with Gasteiger partial charge in [0.15, 0.2) is 0 Å². The van der Waals surface area contributed by atoms with Crippen LogP contribution in [0, 0.1) is 5.92 Å². The molecular weight excluding hydrogens is 242 g/mol.